The van der Waals surface area contributed by atoms with E-state index in [2.05, 4.69) is 68.2 Å². The molecule has 1 amide bonds. The number of nitrogens with zero attached hydrogens (tertiary/aromatic N) is 1. The van der Waals surface area contributed by atoms with Crippen LogP contribution in [-0.4, -0.2) is 23.9 Å². The van der Waals surface area contributed by atoms with Gasteiger partial charge in [-0.1, -0.05) is 49.7 Å². The van der Waals surface area contributed by atoms with Crippen LogP contribution < -0.4 is 5.32 Å². The number of piperidine rings is 1. The Morgan fingerprint density at radius 1 is 1.18 bits per heavy atom. The van der Waals surface area contributed by atoms with E-state index in [-0.39, 0.29) is 11.9 Å². The molecule has 0 aliphatic carbocycles. The molecule has 0 radical (unpaired) electrons. The van der Waals surface area contributed by atoms with E-state index in [4.69, 9.17) is 0 Å². The summed E-state index contributed by atoms with van der Waals surface area (Å²) >= 11 is 0. The van der Waals surface area contributed by atoms with E-state index >= 15 is 0 Å². The Hall–Kier alpha value is -2.13. The molecular formula is C25H34N2O. The van der Waals surface area contributed by atoms with Crippen molar-refractivity contribution >= 4 is 5.91 Å². The van der Waals surface area contributed by atoms with Crippen molar-refractivity contribution in [1.82, 2.24) is 10.2 Å². The highest BCUT2D eigenvalue weighted by Crippen LogP contribution is 2.23. The van der Waals surface area contributed by atoms with E-state index in [1.54, 1.807) is 0 Å². The molecule has 28 heavy (non-hydrogen) atoms. The van der Waals surface area contributed by atoms with Crippen molar-refractivity contribution in [2.75, 3.05) is 13.1 Å². The van der Waals surface area contributed by atoms with Crippen molar-refractivity contribution in [1.29, 1.82) is 0 Å². The first-order valence-corrected chi connectivity index (χ1v) is 10.7. The van der Waals surface area contributed by atoms with Gasteiger partial charge in [-0.2, -0.15) is 0 Å². The average Bonchev–Trinajstić information content (AvgIpc) is 2.67. The van der Waals surface area contributed by atoms with E-state index in [1.165, 1.54) is 48.2 Å². The smallest absolute Gasteiger partial charge is 0.251 e. The third-order valence-electron chi connectivity index (χ3n) is 5.88. The first-order chi connectivity index (χ1) is 13.5. The molecule has 0 saturated carbocycles. The van der Waals surface area contributed by atoms with Crippen molar-refractivity contribution in [2.45, 2.75) is 59.5 Å². The third-order valence-corrected chi connectivity index (χ3v) is 5.88. The number of aryl methyl sites for hydroxylation is 2. The fourth-order valence-corrected chi connectivity index (χ4v) is 4.31. The van der Waals surface area contributed by atoms with Crippen molar-refractivity contribution in [3.8, 4) is 0 Å². The molecule has 2 atom stereocenters. The molecule has 1 fully saturated rings. The summed E-state index contributed by atoms with van der Waals surface area (Å²) in [5.41, 5.74) is 5.71. The van der Waals surface area contributed by atoms with Gasteiger partial charge in [0.2, 0.25) is 0 Å². The van der Waals surface area contributed by atoms with Crippen molar-refractivity contribution in [3.63, 3.8) is 0 Å². The maximum atomic E-state index is 12.8. The van der Waals surface area contributed by atoms with Crippen LogP contribution >= 0.6 is 0 Å². The van der Waals surface area contributed by atoms with Gasteiger partial charge in [0.1, 0.15) is 0 Å². The van der Waals surface area contributed by atoms with Gasteiger partial charge >= 0.3 is 0 Å². The predicted octanol–water partition coefficient (Wildman–Crippen LogP) is 5.42. The lowest BCUT2D eigenvalue weighted by Crippen LogP contribution is -2.33. The number of amides is 1. The number of nitrogens with one attached hydrogen (secondary N) is 1. The Bertz CT molecular complexity index is 797. The zero-order chi connectivity index (χ0) is 20.1. The van der Waals surface area contributed by atoms with Crippen molar-refractivity contribution < 1.29 is 4.79 Å². The molecule has 2 aromatic carbocycles. The number of rotatable bonds is 6. The number of hydrogen-bond acceptors (Lipinski definition) is 2. The Balaban J connectivity index is 1.63. The van der Waals surface area contributed by atoms with E-state index in [0.717, 1.165) is 24.4 Å². The predicted molar refractivity (Wildman–Crippen MR) is 117 cm³/mol. The van der Waals surface area contributed by atoms with Crippen LogP contribution in [0.2, 0.25) is 0 Å². The Morgan fingerprint density at radius 3 is 2.57 bits per heavy atom. The molecule has 0 aromatic heterocycles. The highest BCUT2D eigenvalue weighted by molar-refractivity contribution is 5.94. The molecule has 1 N–H and O–H groups in total. The summed E-state index contributed by atoms with van der Waals surface area (Å²) in [7, 11) is 0. The van der Waals surface area contributed by atoms with Crippen molar-refractivity contribution in [3.05, 3.63) is 70.3 Å². The number of likely N-dealkylation sites (tertiary alicyclic amines) is 1. The minimum absolute atomic E-state index is 0.00460. The van der Waals surface area contributed by atoms with Crippen molar-refractivity contribution in [2.24, 2.45) is 5.92 Å². The fraction of sp³-hybridized carbons (Fsp3) is 0.480. The SMILES string of the molecule is CC[C@H](NC(=O)c1ccc(CN2CCC[C@@H](C)C2)cc1)c1ccc(C)cc1C. The Labute approximate surface area is 170 Å². The summed E-state index contributed by atoms with van der Waals surface area (Å²) < 4.78 is 0. The summed E-state index contributed by atoms with van der Waals surface area (Å²) in [6.45, 7) is 12.0. The van der Waals surface area contributed by atoms with E-state index in [1.807, 2.05) is 12.1 Å². The number of carbonyl (C=O) groups is 1. The second kappa shape index (κ2) is 9.38. The van der Waals surface area contributed by atoms with E-state index < -0.39 is 0 Å². The molecule has 0 bridgehead atoms. The van der Waals surface area contributed by atoms with E-state index in [9.17, 15) is 4.79 Å². The molecule has 0 spiro atoms. The second-order valence-corrected chi connectivity index (χ2v) is 8.47. The average molecular weight is 379 g/mol. The summed E-state index contributed by atoms with van der Waals surface area (Å²) in [4.78, 5) is 15.3. The standard InChI is InChI=1S/C25H34N2O/c1-5-24(23-13-8-18(2)15-20(23)4)26-25(28)22-11-9-21(10-12-22)17-27-14-6-7-19(3)16-27/h8-13,15,19,24H,5-7,14,16-17H2,1-4H3,(H,26,28)/t19-,24+/m1/s1. The summed E-state index contributed by atoms with van der Waals surface area (Å²) in [5, 5.41) is 3.22. The van der Waals surface area contributed by atoms with E-state index in [0.29, 0.717) is 0 Å². The van der Waals surface area contributed by atoms with Crippen LogP contribution in [0, 0.1) is 19.8 Å². The summed E-state index contributed by atoms with van der Waals surface area (Å²) in [6, 6.07) is 14.6. The summed E-state index contributed by atoms with van der Waals surface area (Å²) in [6.07, 6.45) is 3.51. The zero-order valence-electron chi connectivity index (χ0n) is 17.8. The Kier molecular flexibility index (Phi) is 6.90. The molecule has 1 heterocycles. The monoisotopic (exact) mass is 378 g/mol. The van der Waals surface area contributed by atoms with Crippen LogP contribution in [0.3, 0.4) is 0 Å². The van der Waals surface area contributed by atoms with Gasteiger partial charge in [0.05, 0.1) is 6.04 Å². The molecule has 0 unspecified atom stereocenters. The van der Waals surface area contributed by atoms with Gasteiger partial charge in [0.25, 0.3) is 5.91 Å². The number of benzene rings is 2. The van der Waals surface area contributed by atoms with Crippen LogP contribution in [0.15, 0.2) is 42.5 Å². The topological polar surface area (TPSA) is 32.3 Å². The van der Waals surface area contributed by atoms with Gasteiger partial charge in [-0.3, -0.25) is 9.69 Å². The second-order valence-electron chi connectivity index (χ2n) is 8.47. The van der Waals surface area contributed by atoms with Gasteiger partial charge < -0.3 is 5.32 Å². The highest BCUT2D eigenvalue weighted by atomic mass is 16.1. The zero-order valence-corrected chi connectivity index (χ0v) is 17.8. The lowest BCUT2D eigenvalue weighted by molar-refractivity contribution is 0.0935. The molecule has 1 saturated heterocycles. The van der Waals surface area contributed by atoms with Gasteiger partial charge in [-0.15, -0.1) is 0 Å². The van der Waals surface area contributed by atoms with Gasteiger partial charge in [0.15, 0.2) is 0 Å². The molecule has 3 rings (SSSR count). The number of carbonyl (C=O) groups excluding carboxylic acids is 1. The van der Waals surface area contributed by atoms with Crippen LogP contribution in [0.1, 0.15) is 71.8 Å². The van der Waals surface area contributed by atoms with Crippen LogP contribution in [0.4, 0.5) is 0 Å². The maximum absolute atomic E-state index is 12.8. The molecule has 3 nitrogen and oxygen atoms in total. The minimum atomic E-state index is 0.00460. The minimum Gasteiger partial charge on any atom is -0.345 e. The highest BCUT2D eigenvalue weighted by Gasteiger charge is 2.18. The normalized spacial score (nSPS) is 18.6. The van der Waals surface area contributed by atoms with Crippen LogP contribution in [0.5, 0.6) is 0 Å². The van der Waals surface area contributed by atoms with Gasteiger partial charge in [-0.25, -0.2) is 0 Å². The molecule has 1 aliphatic heterocycles. The molecule has 2 aromatic rings. The van der Waals surface area contributed by atoms with Gasteiger partial charge in [-0.05, 0) is 74.4 Å². The van der Waals surface area contributed by atoms with Crippen LogP contribution in [-0.2, 0) is 6.54 Å². The Morgan fingerprint density at radius 2 is 1.93 bits per heavy atom. The molecule has 3 heteroatoms. The summed E-state index contributed by atoms with van der Waals surface area (Å²) in [5.74, 6) is 0.792. The first kappa shape index (κ1) is 20.6. The maximum Gasteiger partial charge on any atom is 0.251 e. The van der Waals surface area contributed by atoms with Crippen LogP contribution in [0.25, 0.3) is 0 Å². The number of hydrogen-bond donors (Lipinski definition) is 1. The molecular weight excluding hydrogens is 344 g/mol. The lowest BCUT2D eigenvalue weighted by atomic mass is 9.97. The van der Waals surface area contributed by atoms with Gasteiger partial charge in [0, 0.05) is 18.7 Å². The fourth-order valence-electron chi connectivity index (χ4n) is 4.31. The molecule has 1 aliphatic rings. The quantitative estimate of drug-likeness (QED) is 0.728. The largest absolute Gasteiger partial charge is 0.345 e. The lowest BCUT2D eigenvalue weighted by Gasteiger charge is -2.30. The first-order valence-electron chi connectivity index (χ1n) is 10.7. The third kappa shape index (κ3) is 5.23. The molecule has 150 valence electrons.